The van der Waals surface area contributed by atoms with E-state index in [9.17, 15) is 4.79 Å². The highest BCUT2D eigenvalue weighted by atomic mass is 16.3. The highest BCUT2D eigenvalue weighted by Crippen LogP contribution is 2.24. The molecule has 0 atom stereocenters. The summed E-state index contributed by atoms with van der Waals surface area (Å²) in [6, 6.07) is 7.56. The zero-order valence-electron chi connectivity index (χ0n) is 12.8. The number of hydrogen-bond donors (Lipinski definition) is 1. The Morgan fingerprint density at radius 2 is 2.18 bits per heavy atom. The Morgan fingerprint density at radius 3 is 2.91 bits per heavy atom. The molecule has 0 saturated heterocycles. The van der Waals surface area contributed by atoms with Gasteiger partial charge in [0.2, 0.25) is 5.58 Å². The first-order valence-corrected chi connectivity index (χ1v) is 7.35. The van der Waals surface area contributed by atoms with Crippen LogP contribution in [0.2, 0.25) is 0 Å². The second kappa shape index (κ2) is 5.77. The van der Waals surface area contributed by atoms with Crippen LogP contribution in [0.15, 0.2) is 45.6 Å². The second-order valence-electron chi connectivity index (χ2n) is 5.55. The summed E-state index contributed by atoms with van der Waals surface area (Å²) in [5.41, 5.74) is 2.44. The number of H-pyrrole nitrogens is 1. The Hall–Kier alpha value is -2.40. The summed E-state index contributed by atoms with van der Waals surface area (Å²) in [7, 11) is 0. The highest BCUT2D eigenvalue weighted by Gasteiger charge is 2.14. The highest BCUT2D eigenvalue weighted by molar-refractivity contribution is 6.01. The van der Waals surface area contributed by atoms with Gasteiger partial charge in [0.25, 0.3) is 5.56 Å². The van der Waals surface area contributed by atoms with E-state index < -0.39 is 0 Å². The van der Waals surface area contributed by atoms with Crippen LogP contribution >= 0.6 is 0 Å². The van der Waals surface area contributed by atoms with Gasteiger partial charge in [-0.3, -0.25) is 9.69 Å². The number of aromatic nitrogens is 2. The molecule has 22 heavy (non-hydrogen) atoms. The SMILES string of the molecule is C=C(C)CN(CC)Cc1nc2c(oc3ccccc32)c(=O)[nH]1. The van der Waals surface area contributed by atoms with Gasteiger partial charge in [-0.25, -0.2) is 4.98 Å². The molecular weight excluding hydrogens is 278 g/mol. The number of likely N-dealkylation sites (N-methyl/N-ethyl adjacent to an activating group) is 1. The summed E-state index contributed by atoms with van der Waals surface area (Å²) in [5.74, 6) is 0.646. The van der Waals surface area contributed by atoms with E-state index >= 15 is 0 Å². The molecule has 114 valence electrons. The van der Waals surface area contributed by atoms with Crippen LogP contribution in [0.25, 0.3) is 22.1 Å². The number of rotatable bonds is 5. The van der Waals surface area contributed by atoms with Gasteiger partial charge in [0.15, 0.2) is 0 Å². The Balaban J connectivity index is 2.06. The first-order chi connectivity index (χ1) is 10.6. The number of benzene rings is 1. The third-order valence-corrected chi connectivity index (χ3v) is 3.59. The largest absolute Gasteiger partial charge is 0.449 e. The van der Waals surface area contributed by atoms with Crippen molar-refractivity contribution in [2.75, 3.05) is 13.1 Å². The van der Waals surface area contributed by atoms with E-state index in [4.69, 9.17) is 4.42 Å². The van der Waals surface area contributed by atoms with Crippen LogP contribution in [0.1, 0.15) is 19.7 Å². The molecule has 3 aromatic rings. The van der Waals surface area contributed by atoms with Gasteiger partial charge in [0.05, 0.1) is 6.54 Å². The van der Waals surface area contributed by atoms with E-state index in [1.54, 1.807) is 0 Å². The van der Waals surface area contributed by atoms with Crippen molar-refractivity contribution in [3.05, 3.63) is 52.6 Å². The quantitative estimate of drug-likeness (QED) is 0.735. The zero-order valence-corrected chi connectivity index (χ0v) is 12.8. The number of para-hydroxylation sites is 1. The fourth-order valence-electron chi connectivity index (χ4n) is 2.60. The number of fused-ring (bicyclic) bond motifs is 3. The van der Waals surface area contributed by atoms with Gasteiger partial charge in [-0.15, -0.1) is 0 Å². The second-order valence-corrected chi connectivity index (χ2v) is 5.55. The van der Waals surface area contributed by atoms with Crippen LogP contribution < -0.4 is 5.56 Å². The molecule has 0 fully saturated rings. The van der Waals surface area contributed by atoms with Gasteiger partial charge in [0, 0.05) is 11.9 Å². The summed E-state index contributed by atoms with van der Waals surface area (Å²) in [6.07, 6.45) is 0. The Labute approximate surface area is 128 Å². The van der Waals surface area contributed by atoms with E-state index in [0.29, 0.717) is 23.5 Å². The zero-order chi connectivity index (χ0) is 15.7. The van der Waals surface area contributed by atoms with Gasteiger partial charge in [-0.05, 0) is 25.6 Å². The minimum atomic E-state index is -0.234. The lowest BCUT2D eigenvalue weighted by molar-refractivity contribution is 0.296. The van der Waals surface area contributed by atoms with Crippen LogP contribution in [-0.4, -0.2) is 28.0 Å². The van der Waals surface area contributed by atoms with E-state index in [1.165, 1.54) is 0 Å². The fraction of sp³-hybridized carbons (Fsp3) is 0.294. The fourth-order valence-corrected chi connectivity index (χ4v) is 2.60. The van der Waals surface area contributed by atoms with Gasteiger partial charge < -0.3 is 9.40 Å². The standard InChI is InChI=1S/C17H19N3O2/c1-4-20(9-11(2)3)10-14-18-15-12-7-5-6-8-13(12)22-16(15)17(21)19-14/h5-8H,2,4,9-10H2,1,3H3,(H,18,19,21). The Morgan fingerprint density at radius 1 is 1.41 bits per heavy atom. The molecule has 0 aliphatic heterocycles. The van der Waals surface area contributed by atoms with Gasteiger partial charge in [-0.1, -0.05) is 31.2 Å². The average molecular weight is 297 g/mol. The van der Waals surface area contributed by atoms with E-state index in [0.717, 1.165) is 24.0 Å². The van der Waals surface area contributed by atoms with Crippen molar-refractivity contribution in [3.63, 3.8) is 0 Å². The summed E-state index contributed by atoms with van der Waals surface area (Å²) < 4.78 is 5.60. The molecule has 0 bridgehead atoms. The lowest BCUT2D eigenvalue weighted by Gasteiger charge is -2.19. The first kappa shape index (κ1) is 14.5. The molecule has 0 aliphatic rings. The maximum Gasteiger partial charge on any atom is 0.294 e. The van der Waals surface area contributed by atoms with Crippen LogP contribution in [0.4, 0.5) is 0 Å². The molecule has 1 aromatic carbocycles. The summed E-state index contributed by atoms with van der Waals surface area (Å²) >= 11 is 0. The van der Waals surface area contributed by atoms with Crippen LogP contribution in [0.5, 0.6) is 0 Å². The lowest BCUT2D eigenvalue weighted by Crippen LogP contribution is -2.27. The first-order valence-electron chi connectivity index (χ1n) is 7.35. The number of furan rings is 1. The number of aromatic amines is 1. The molecule has 3 rings (SSSR count). The normalized spacial score (nSPS) is 11.6. The minimum absolute atomic E-state index is 0.234. The van der Waals surface area contributed by atoms with E-state index in [1.807, 2.05) is 31.2 Å². The molecule has 5 nitrogen and oxygen atoms in total. The minimum Gasteiger partial charge on any atom is -0.449 e. The molecule has 0 aliphatic carbocycles. The molecule has 0 saturated carbocycles. The van der Waals surface area contributed by atoms with Crippen molar-refractivity contribution in [1.29, 1.82) is 0 Å². The van der Waals surface area contributed by atoms with Crippen molar-refractivity contribution >= 4 is 22.1 Å². The van der Waals surface area contributed by atoms with Crippen LogP contribution in [0.3, 0.4) is 0 Å². The molecule has 0 radical (unpaired) electrons. The molecule has 2 heterocycles. The summed E-state index contributed by atoms with van der Waals surface area (Å²) in [6.45, 7) is 10.2. The maximum absolute atomic E-state index is 12.2. The van der Waals surface area contributed by atoms with E-state index in [-0.39, 0.29) is 11.1 Å². The average Bonchev–Trinajstić information content (AvgIpc) is 2.86. The number of nitrogens with zero attached hydrogens (tertiary/aromatic N) is 2. The molecule has 0 unspecified atom stereocenters. The van der Waals surface area contributed by atoms with Crippen molar-refractivity contribution in [3.8, 4) is 0 Å². The summed E-state index contributed by atoms with van der Waals surface area (Å²) in [5, 5.41) is 0.868. The number of hydrogen-bond acceptors (Lipinski definition) is 4. The third kappa shape index (κ3) is 2.67. The van der Waals surface area contributed by atoms with Crippen LogP contribution in [0, 0.1) is 0 Å². The maximum atomic E-state index is 12.2. The van der Waals surface area contributed by atoms with Gasteiger partial charge >= 0.3 is 0 Å². The molecular formula is C17H19N3O2. The summed E-state index contributed by atoms with van der Waals surface area (Å²) in [4.78, 5) is 21.8. The predicted octanol–water partition coefficient (Wildman–Crippen LogP) is 3.07. The monoisotopic (exact) mass is 297 g/mol. The van der Waals surface area contributed by atoms with Crippen molar-refractivity contribution in [2.45, 2.75) is 20.4 Å². The van der Waals surface area contributed by atoms with Gasteiger partial charge in [0.1, 0.15) is 16.9 Å². The molecule has 0 spiro atoms. The van der Waals surface area contributed by atoms with E-state index in [2.05, 4.69) is 28.4 Å². The topological polar surface area (TPSA) is 62.1 Å². The Kier molecular flexibility index (Phi) is 3.81. The third-order valence-electron chi connectivity index (χ3n) is 3.59. The molecule has 1 N–H and O–H groups in total. The molecule has 2 aromatic heterocycles. The predicted molar refractivity (Wildman–Crippen MR) is 87.9 cm³/mol. The van der Waals surface area contributed by atoms with Gasteiger partial charge in [-0.2, -0.15) is 0 Å². The molecule has 5 heteroatoms. The number of nitrogens with one attached hydrogen (secondary N) is 1. The van der Waals surface area contributed by atoms with Crippen LogP contribution in [-0.2, 0) is 6.54 Å². The Bertz CT molecular complexity index is 892. The van der Waals surface area contributed by atoms with Crippen molar-refractivity contribution < 1.29 is 4.42 Å². The van der Waals surface area contributed by atoms with Crippen molar-refractivity contribution in [2.24, 2.45) is 0 Å². The van der Waals surface area contributed by atoms with Crippen molar-refractivity contribution in [1.82, 2.24) is 14.9 Å². The molecule has 0 amide bonds. The smallest absolute Gasteiger partial charge is 0.294 e. The lowest BCUT2D eigenvalue weighted by atomic mass is 10.2.